The second-order valence-corrected chi connectivity index (χ2v) is 4.74. The van der Waals surface area contributed by atoms with E-state index in [1.807, 2.05) is 48.5 Å². The Kier molecular flexibility index (Phi) is 4.66. The fourth-order valence-electron chi connectivity index (χ4n) is 2.04. The zero-order valence-corrected chi connectivity index (χ0v) is 13.2. The largest absolute Gasteiger partial charge is 0.497 e. The highest BCUT2D eigenvalue weighted by molar-refractivity contribution is 5.84. The fourth-order valence-corrected chi connectivity index (χ4v) is 2.04. The minimum atomic E-state index is 0.402. The summed E-state index contributed by atoms with van der Waals surface area (Å²) in [6.45, 7) is 0. The lowest BCUT2D eigenvalue weighted by Crippen LogP contribution is -2.01. The summed E-state index contributed by atoms with van der Waals surface area (Å²) in [5.74, 6) is 1.78. The average Bonchev–Trinajstić information content (AvgIpc) is 3.07. The number of benzene rings is 2. The summed E-state index contributed by atoms with van der Waals surface area (Å²) in [5.41, 5.74) is 1.61. The zero-order chi connectivity index (χ0) is 16.8. The number of methoxy groups -OCH3 is 2. The van der Waals surface area contributed by atoms with Crippen molar-refractivity contribution < 1.29 is 9.47 Å². The number of rotatable bonds is 6. The molecule has 0 atom stereocenters. The minimum Gasteiger partial charge on any atom is -0.497 e. The molecule has 1 N–H and O–H groups in total. The van der Waals surface area contributed by atoms with Gasteiger partial charge in [0.15, 0.2) is 0 Å². The molecule has 0 saturated heterocycles. The molecular weight excluding hydrogens is 308 g/mol. The predicted octanol–water partition coefficient (Wildman–Crippen LogP) is 2.32. The van der Waals surface area contributed by atoms with Crippen LogP contribution in [-0.4, -0.2) is 40.8 Å². The van der Waals surface area contributed by atoms with Gasteiger partial charge in [0.2, 0.25) is 0 Å². The predicted molar refractivity (Wildman–Crippen MR) is 90.1 cm³/mol. The third kappa shape index (κ3) is 3.49. The number of nitrogens with one attached hydrogen (secondary N) is 1. The van der Waals surface area contributed by atoms with Crippen LogP contribution < -0.4 is 14.8 Å². The van der Waals surface area contributed by atoms with E-state index in [2.05, 4.69) is 25.9 Å². The number of hydrogen-bond acceptors (Lipinski definition) is 7. The van der Waals surface area contributed by atoms with Gasteiger partial charge in [0.25, 0.3) is 5.95 Å². The first-order valence-corrected chi connectivity index (χ1v) is 7.17. The smallest absolute Gasteiger partial charge is 0.269 e. The third-order valence-electron chi connectivity index (χ3n) is 3.23. The van der Waals surface area contributed by atoms with Gasteiger partial charge in [-0.2, -0.15) is 5.10 Å². The lowest BCUT2D eigenvalue weighted by atomic mass is 10.2. The van der Waals surface area contributed by atoms with Crippen LogP contribution in [0.3, 0.4) is 0 Å². The van der Waals surface area contributed by atoms with E-state index in [0.717, 1.165) is 11.3 Å². The highest BCUT2D eigenvalue weighted by Gasteiger charge is 2.06. The highest BCUT2D eigenvalue weighted by atomic mass is 16.5. The molecule has 0 aliphatic rings. The summed E-state index contributed by atoms with van der Waals surface area (Å²) in [7, 11) is 3.20. The summed E-state index contributed by atoms with van der Waals surface area (Å²) in [6, 6.07) is 15.0. The standard InChI is InChI=1S/C16H16N6O2/c1-23-14-8-9-15(24-2)12(10-14)11-17-22-16(19-20-21-22)18-13-6-4-3-5-7-13/h3-11H,1-2H3,(H,18,19,21). The highest BCUT2D eigenvalue weighted by Crippen LogP contribution is 2.22. The molecule has 0 fully saturated rings. The first-order valence-electron chi connectivity index (χ1n) is 7.17. The Morgan fingerprint density at radius 3 is 2.67 bits per heavy atom. The van der Waals surface area contributed by atoms with Gasteiger partial charge in [0, 0.05) is 11.3 Å². The Morgan fingerprint density at radius 2 is 1.92 bits per heavy atom. The number of tetrazole rings is 1. The van der Waals surface area contributed by atoms with Crippen LogP contribution in [0.5, 0.6) is 11.5 Å². The molecular formula is C16H16N6O2. The zero-order valence-electron chi connectivity index (χ0n) is 13.2. The lowest BCUT2D eigenvalue weighted by molar-refractivity contribution is 0.402. The van der Waals surface area contributed by atoms with Crippen molar-refractivity contribution in [3.8, 4) is 11.5 Å². The van der Waals surface area contributed by atoms with E-state index in [-0.39, 0.29) is 0 Å². The maximum atomic E-state index is 5.32. The summed E-state index contributed by atoms with van der Waals surface area (Å²) in [4.78, 5) is 1.30. The van der Waals surface area contributed by atoms with Crippen LogP contribution in [0.1, 0.15) is 5.56 Å². The van der Waals surface area contributed by atoms with Gasteiger partial charge in [-0.25, -0.2) is 0 Å². The molecule has 0 spiro atoms. The molecule has 1 heterocycles. The first kappa shape index (κ1) is 15.5. The normalized spacial score (nSPS) is 10.8. The molecule has 1 aromatic heterocycles. The van der Waals surface area contributed by atoms with Gasteiger partial charge in [-0.3, -0.25) is 0 Å². The second-order valence-electron chi connectivity index (χ2n) is 4.74. The number of aromatic nitrogens is 4. The van der Waals surface area contributed by atoms with Crippen LogP contribution in [0.15, 0.2) is 53.6 Å². The van der Waals surface area contributed by atoms with Crippen molar-refractivity contribution in [3.63, 3.8) is 0 Å². The molecule has 0 aliphatic heterocycles. The van der Waals surface area contributed by atoms with Crippen LogP contribution in [-0.2, 0) is 0 Å². The van der Waals surface area contributed by atoms with Crippen LogP contribution in [0, 0.1) is 0 Å². The van der Waals surface area contributed by atoms with Crippen molar-refractivity contribution in [1.29, 1.82) is 0 Å². The van der Waals surface area contributed by atoms with E-state index in [4.69, 9.17) is 9.47 Å². The Hall–Kier alpha value is -3.42. The van der Waals surface area contributed by atoms with Crippen LogP contribution in [0.2, 0.25) is 0 Å². The van der Waals surface area contributed by atoms with E-state index < -0.39 is 0 Å². The molecule has 0 unspecified atom stereocenters. The lowest BCUT2D eigenvalue weighted by Gasteiger charge is -2.07. The number of para-hydroxylation sites is 1. The number of nitrogens with zero attached hydrogens (tertiary/aromatic N) is 5. The summed E-state index contributed by atoms with van der Waals surface area (Å²) in [5, 5.41) is 18.8. The quantitative estimate of drug-likeness (QED) is 0.700. The van der Waals surface area contributed by atoms with Crippen molar-refractivity contribution in [2.75, 3.05) is 19.5 Å². The molecule has 0 bridgehead atoms. The minimum absolute atomic E-state index is 0.402. The Morgan fingerprint density at radius 1 is 1.08 bits per heavy atom. The molecule has 0 radical (unpaired) electrons. The molecule has 0 amide bonds. The van der Waals surface area contributed by atoms with Crippen molar-refractivity contribution in [3.05, 3.63) is 54.1 Å². The van der Waals surface area contributed by atoms with E-state index in [9.17, 15) is 0 Å². The summed E-state index contributed by atoms with van der Waals surface area (Å²) >= 11 is 0. The number of hydrogen-bond donors (Lipinski definition) is 1. The van der Waals surface area contributed by atoms with E-state index in [0.29, 0.717) is 17.4 Å². The van der Waals surface area contributed by atoms with Gasteiger partial charge in [0.05, 0.1) is 20.4 Å². The number of anilines is 2. The topological polar surface area (TPSA) is 86.5 Å². The molecule has 0 aliphatic carbocycles. The van der Waals surface area contributed by atoms with Crippen LogP contribution in [0.4, 0.5) is 11.6 Å². The number of ether oxygens (including phenoxy) is 2. The third-order valence-corrected chi connectivity index (χ3v) is 3.23. The maximum Gasteiger partial charge on any atom is 0.269 e. The summed E-state index contributed by atoms with van der Waals surface area (Å²) in [6.07, 6.45) is 1.61. The van der Waals surface area contributed by atoms with Crippen LogP contribution >= 0.6 is 0 Å². The SMILES string of the molecule is COc1ccc(OC)c(C=Nn2nnnc2Nc2ccccc2)c1. The fraction of sp³-hybridized carbons (Fsp3) is 0.125. The van der Waals surface area contributed by atoms with Crippen LogP contribution in [0.25, 0.3) is 0 Å². The van der Waals surface area contributed by atoms with Gasteiger partial charge in [-0.05, 0) is 40.8 Å². The molecule has 8 nitrogen and oxygen atoms in total. The molecule has 0 saturated carbocycles. The van der Waals surface area contributed by atoms with Gasteiger partial charge in [0.1, 0.15) is 11.5 Å². The van der Waals surface area contributed by atoms with Gasteiger partial charge >= 0.3 is 0 Å². The molecule has 8 heteroatoms. The molecule has 3 aromatic rings. The monoisotopic (exact) mass is 324 g/mol. The van der Waals surface area contributed by atoms with E-state index in [1.54, 1.807) is 20.4 Å². The van der Waals surface area contributed by atoms with Crippen molar-refractivity contribution in [2.45, 2.75) is 0 Å². The van der Waals surface area contributed by atoms with E-state index >= 15 is 0 Å². The average molecular weight is 324 g/mol. The Bertz CT molecular complexity index is 832. The van der Waals surface area contributed by atoms with Gasteiger partial charge in [-0.1, -0.05) is 28.1 Å². The Labute approximate surface area is 138 Å². The molecule has 3 rings (SSSR count). The van der Waals surface area contributed by atoms with Gasteiger partial charge < -0.3 is 14.8 Å². The van der Waals surface area contributed by atoms with Crippen molar-refractivity contribution in [2.24, 2.45) is 5.10 Å². The summed E-state index contributed by atoms with van der Waals surface area (Å²) < 4.78 is 10.5. The Balaban J connectivity index is 1.84. The van der Waals surface area contributed by atoms with E-state index in [1.165, 1.54) is 4.79 Å². The first-order chi connectivity index (χ1) is 11.8. The maximum absolute atomic E-state index is 5.32. The molecule has 2 aromatic carbocycles. The van der Waals surface area contributed by atoms with Crippen molar-refractivity contribution in [1.82, 2.24) is 20.3 Å². The molecule has 24 heavy (non-hydrogen) atoms. The molecule has 122 valence electrons. The second kappa shape index (κ2) is 7.23. The van der Waals surface area contributed by atoms with Crippen molar-refractivity contribution >= 4 is 17.9 Å². The van der Waals surface area contributed by atoms with Gasteiger partial charge in [-0.15, -0.1) is 0 Å².